The second-order valence-electron chi connectivity index (χ2n) is 7.93. The number of hydrogen-bond acceptors (Lipinski definition) is 5. The van der Waals surface area contributed by atoms with Crippen molar-refractivity contribution in [2.45, 2.75) is 25.8 Å². The number of benzene rings is 2. The highest BCUT2D eigenvalue weighted by molar-refractivity contribution is 5.95. The molecule has 1 aliphatic heterocycles. The van der Waals surface area contributed by atoms with Gasteiger partial charge in [-0.15, -0.1) is 0 Å². The van der Waals surface area contributed by atoms with Crippen LogP contribution in [0.2, 0.25) is 0 Å². The average molecular weight is 427 g/mol. The lowest BCUT2D eigenvalue weighted by molar-refractivity contribution is -0.125. The second kappa shape index (κ2) is 9.73. The van der Waals surface area contributed by atoms with Crippen LogP contribution in [-0.4, -0.2) is 57.2 Å². The number of likely N-dealkylation sites (tertiary alicyclic amines) is 1. The van der Waals surface area contributed by atoms with Gasteiger partial charge >= 0.3 is 0 Å². The molecule has 2 atom stereocenters. The maximum absolute atomic E-state index is 13.2. The van der Waals surface area contributed by atoms with Crippen LogP contribution in [0.3, 0.4) is 0 Å². The molecule has 7 heteroatoms. The Kier molecular flexibility index (Phi) is 7.05. The molecule has 0 aromatic heterocycles. The first-order chi connectivity index (χ1) is 14.9. The monoisotopic (exact) mass is 426 g/mol. The topological polar surface area (TPSA) is 77.1 Å². The molecule has 0 spiro atoms. The molecule has 0 unspecified atom stereocenters. The molecule has 1 N–H and O–H groups in total. The van der Waals surface area contributed by atoms with Crippen molar-refractivity contribution in [2.24, 2.45) is 5.92 Å². The Balaban J connectivity index is 1.96. The molecule has 2 amide bonds. The van der Waals surface area contributed by atoms with Gasteiger partial charge in [0.25, 0.3) is 5.91 Å². The number of nitrogens with zero attached hydrogens (tertiary/aromatic N) is 1. The SMILES string of the molecule is COc1cccc(C(=O)N2C[C@H](C(=O)NC(C)C)[C@@H](c3cc(OC)ccc3OC)C2)c1. The average Bonchev–Trinajstić information content (AvgIpc) is 3.23. The minimum Gasteiger partial charge on any atom is -0.497 e. The molecule has 0 bridgehead atoms. The van der Waals surface area contributed by atoms with E-state index < -0.39 is 5.92 Å². The van der Waals surface area contributed by atoms with Crippen LogP contribution < -0.4 is 19.5 Å². The van der Waals surface area contributed by atoms with Gasteiger partial charge in [0.15, 0.2) is 0 Å². The van der Waals surface area contributed by atoms with Crippen LogP contribution in [0.25, 0.3) is 0 Å². The van der Waals surface area contributed by atoms with Crippen LogP contribution in [0, 0.1) is 5.92 Å². The van der Waals surface area contributed by atoms with E-state index in [1.165, 1.54) is 0 Å². The summed E-state index contributed by atoms with van der Waals surface area (Å²) in [5, 5.41) is 3.00. The summed E-state index contributed by atoms with van der Waals surface area (Å²) in [5.41, 5.74) is 1.38. The van der Waals surface area contributed by atoms with E-state index in [1.807, 2.05) is 32.0 Å². The number of methoxy groups -OCH3 is 3. The minimum absolute atomic E-state index is 0.00323. The third-order valence-electron chi connectivity index (χ3n) is 5.53. The Labute approximate surface area is 183 Å². The maximum atomic E-state index is 13.2. The van der Waals surface area contributed by atoms with Gasteiger partial charge in [-0.1, -0.05) is 6.07 Å². The lowest BCUT2D eigenvalue weighted by atomic mass is 9.87. The molecule has 0 aliphatic carbocycles. The number of amides is 2. The molecule has 0 radical (unpaired) electrons. The molecule has 166 valence electrons. The van der Waals surface area contributed by atoms with Crippen LogP contribution in [0.4, 0.5) is 0 Å². The van der Waals surface area contributed by atoms with Crippen molar-refractivity contribution < 1.29 is 23.8 Å². The fourth-order valence-electron chi connectivity index (χ4n) is 4.01. The highest BCUT2D eigenvalue weighted by Crippen LogP contribution is 2.40. The van der Waals surface area contributed by atoms with Gasteiger partial charge in [0.05, 0.1) is 27.2 Å². The summed E-state index contributed by atoms with van der Waals surface area (Å²) in [6.07, 6.45) is 0. The Hall–Kier alpha value is -3.22. The van der Waals surface area contributed by atoms with Crippen molar-refractivity contribution >= 4 is 11.8 Å². The predicted molar refractivity (Wildman–Crippen MR) is 118 cm³/mol. The van der Waals surface area contributed by atoms with Crippen molar-refractivity contribution in [3.05, 3.63) is 53.6 Å². The number of nitrogens with one attached hydrogen (secondary N) is 1. The van der Waals surface area contributed by atoms with E-state index >= 15 is 0 Å². The van der Waals surface area contributed by atoms with Crippen molar-refractivity contribution in [3.8, 4) is 17.2 Å². The van der Waals surface area contributed by atoms with Gasteiger partial charge in [-0.25, -0.2) is 0 Å². The zero-order valence-corrected chi connectivity index (χ0v) is 18.7. The number of rotatable bonds is 7. The van der Waals surface area contributed by atoms with Crippen molar-refractivity contribution in [2.75, 3.05) is 34.4 Å². The van der Waals surface area contributed by atoms with Crippen molar-refractivity contribution in [1.29, 1.82) is 0 Å². The molecule has 1 aliphatic rings. The fourth-order valence-corrected chi connectivity index (χ4v) is 4.01. The summed E-state index contributed by atoms with van der Waals surface area (Å²) in [4.78, 5) is 28.0. The van der Waals surface area contributed by atoms with E-state index in [9.17, 15) is 9.59 Å². The zero-order chi connectivity index (χ0) is 22.5. The first-order valence-corrected chi connectivity index (χ1v) is 10.3. The fraction of sp³-hybridized carbons (Fsp3) is 0.417. The van der Waals surface area contributed by atoms with Crippen LogP contribution in [0.5, 0.6) is 17.2 Å². The highest BCUT2D eigenvalue weighted by Gasteiger charge is 2.42. The van der Waals surface area contributed by atoms with Gasteiger partial charge in [0.2, 0.25) is 5.91 Å². The van der Waals surface area contributed by atoms with Crippen LogP contribution in [0.1, 0.15) is 35.7 Å². The highest BCUT2D eigenvalue weighted by atomic mass is 16.5. The number of ether oxygens (including phenoxy) is 3. The largest absolute Gasteiger partial charge is 0.497 e. The number of carbonyl (C=O) groups is 2. The van der Waals surface area contributed by atoms with Crippen molar-refractivity contribution in [1.82, 2.24) is 10.2 Å². The molecular weight excluding hydrogens is 396 g/mol. The molecular formula is C24H30N2O5. The Morgan fingerprint density at radius 1 is 0.968 bits per heavy atom. The number of carbonyl (C=O) groups excluding carboxylic acids is 2. The quantitative estimate of drug-likeness (QED) is 0.736. The normalized spacial score (nSPS) is 18.1. The number of hydrogen-bond donors (Lipinski definition) is 1. The van der Waals surface area contributed by atoms with Gasteiger partial charge in [-0.2, -0.15) is 0 Å². The Morgan fingerprint density at radius 3 is 2.32 bits per heavy atom. The summed E-state index contributed by atoms with van der Waals surface area (Å²) in [5.74, 6) is 1.12. The molecule has 2 aromatic rings. The van der Waals surface area contributed by atoms with Crippen molar-refractivity contribution in [3.63, 3.8) is 0 Å². The molecule has 7 nitrogen and oxygen atoms in total. The smallest absolute Gasteiger partial charge is 0.254 e. The van der Waals surface area contributed by atoms with Gasteiger partial charge in [-0.3, -0.25) is 9.59 Å². The van der Waals surface area contributed by atoms with Crippen LogP contribution >= 0.6 is 0 Å². The van der Waals surface area contributed by atoms with E-state index in [1.54, 1.807) is 50.5 Å². The summed E-state index contributed by atoms with van der Waals surface area (Å²) in [6, 6.07) is 12.6. The summed E-state index contributed by atoms with van der Waals surface area (Å²) in [7, 11) is 4.77. The first-order valence-electron chi connectivity index (χ1n) is 10.3. The Morgan fingerprint density at radius 2 is 1.68 bits per heavy atom. The van der Waals surface area contributed by atoms with E-state index in [2.05, 4.69) is 5.32 Å². The van der Waals surface area contributed by atoms with E-state index in [4.69, 9.17) is 14.2 Å². The van der Waals surface area contributed by atoms with Gasteiger partial charge in [0, 0.05) is 36.2 Å². The molecule has 0 saturated carbocycles. The predicted octanol–water partition coefficient (Wildman–Crippen LogP) is 3.09. The molecule has 3 rings (SSSR count). The maximum Gasteiger partial charge on any atom is 0.254 e. The molecule has 1 saturated heterocycles. The standard InChI is InChI=1S/C24H30N2O5/c1-15(2)25-23(27)21-14-26(24(28)16-7-6-8-17(11-16)29-3)13-20(21)19-12-18(30-4)9-10-22(19)31-5/h6-12,15,20-21H,13-14H2,1-5H3,(H,25,27)/t20-,21+/m1/s1. The van der Waals surface area contributed by atoms with Gasteiger partial charge in [0.1, 0.15) is 17.2 Å². The van der Waals surface area contributed by atoms with Gasteiger partial charge in [-0.05, 0) is 50.2 Å². The lowest BCUT2D eigenvalue weighted by Crippen LogP contribution is -2.39. The summed E-state index contributed by atoms with van der Waals surface area (Å²) >= 11 is 0. The molecule has 1 heterocycles. The molecule has 2 aromatic carbocycles. The summed E-state index contributed by atoms with van der Waals surface area (Å²) < 4.78 is 16.2. The lowest BCUT2D eigenvalue weighted by Gasteiger charge is -2.22. The van der Waals surface area contributed by atoms with Gasteiger partial charge < -0.3 is 24.4 Å². The zero-order valence-electron chi connectivity index (χ0n) is 18.7. The molecule has 31 heavy (non-hydrogen) atoms. The minimum atomic E-state index is -0.405. The van der Waals surface area contributed by atoms with Crippen LogP contribution in [-0.2, 0) is 4.79 Å². The second-order valence-corrected chi connectivity index (χ2v) is 7.93. The third kappa shape index (κ3) is 4.93. The summed E-state index contributed by atoms with van der Waals surface area (Å²) in [6.45, 7) is 4.57. The third-order valence-corrected chi connectivity index (χ3v) is 5.53. The van der Waals surface area contributed by atoms with E-state index in [0.29, 0.717) is 35.9 Å². The Bertz CT molecular complexity index is 943. The van der Waals surface area contributed by atoms with E-state index in [-0.39, 0.29) is 23.8 Å². The first kappa shape index (κ1) is 22.5. The van der Waals surface area contributed by atoms with Crippen LogP contribution in [0.15, 0.2) is 42.5 Å². The molecule has 1 fully saturated rings. The van der Waals surface area contributed by atoms with E-state index in [0.717, 1.165) is 5.56 Å².